The molecular formula is C19H21F3N6O4. The Bertz CT molecular complexity index is 1220. The first-order valence-electron chi connectivity index (χ1n) is 9.33. The van der Waals surface area contributed by atoms with Gasteiger partial charge in [-0.25, -0.2) is 14.2 Å². The number of nitrogens with one attached hydrogen (secondary N) is 1. The summed E-state index contributed by atoms with van der Waals surface area (Å²) < 4.78 is 35.9. The molecule has 0 atom stereocenters. The Morgan fingerprint density at radius 3 is 2.31 bits per heavy atom. The SMILES string of the molecule is C#CCn1c(=O)c2c(nc(N3CCNCC3)n2CC#CC)n(C)c1=O.O=C(O)C(F)(F)F. The van der Waals surface area contributed by atoms with Crippen molar-refractivity contribution in [1.82, 2.24) is 24.0 Å². The van der Waals surface area contributed by atoms with Crippen molar-refractivity contribution in [3.05, 3.63) is 20.8 Å². The van der Waals surface area contributed by atoms with Gasteiger partial charge >= 0.3 is 17.8 Å². The van der Waals surface area contributed by atoms with Crippen LogP contribution in [0.3, 0.4) is 0 Å². The molecule has 2 aromatic heterocycles. The number of terminal acetylenes is 1. The van der Waals surface area contributed by atoms with Gasteiger partial charge in [0, 0.05) is 33.2 Å². The first-order chi connectivity index (χ1) is 15.0. The standard InChI is InChI=1S/C17H20N6O2.C2HF3O2/c1-4-6-10-22-13-14(19-16(22)21-11-7-18-8-12-21)20(3)17(25)23(9-5-2)15(13)24;3-2(4,5)1(6)7/h2,18H,7-12H2,1,3H3;(H,6,7). The van der Waals surface area contributed by atoms with E-state index in [0.29, 0.717) is 23.7 Å². The molecule has 0 radical (unpaired) electrons. The van der Waals surface area contributed by atoms with Crippen molar-refractivity contribution in [2.45, 2.75) is 26.2 Å². The van der Waals surface area contributed by atoms with E-state index in [9.17, 15) is 22.8 Å². The zero-order chi connectivity index (χ0) is 24.1. The molecule has 2 N–H and O–H groups in total. The van der Waals surface area contributed by atoms with Crippen molar-refractivity contribution in [3.8, 4) is 24.2 Å². The molecule has 32 heavy (non-hydrogen) atoms. The van der Waals surface area contributed by atoms with Crippen LogP contribution in [0, 0.1) is 24.2 Å². The van der Waals surface area contributed by atoms with E-state index >= 15 is 0 Å². The van der Waals surface area contributed by atoms with Crippen molar-refractivity contribution in [1.29, 1.82) is 0 Å². The number of piperazine rings is 1. The molecular weight excluding hydrogens is 433 g/mol. The van der Waals surface area contributed by atoms with Crippen molar-refractivity contribution in [3.63, 3.8) is 0 Å². The molecule has 13 heteroatoms. The number of aryl methyl sites for hydroxylation is 1. The van der Waals surface area contributed by atoms with Crippen LogP contribution in [0.25, 0.3) is 11.2 Å². The first-order valence-corrected chi connectivity index (χ1v) is 9.33. The second-order valence-corrected chi connectivity index (χ2v) is 6.57. The summed E-state index contributed by atoms with van der Waals surface area (Å²) in [5.74, 6) is 6.10. The number of hydrogen-bond acceptors (Lipinski definition) is 6. The molecule has 3 rings (SSSR count). The Morgan fingerprint density at radius 2 is 1.81 bits per heavy atom. The average molecular weight is 454 g/mol. The molecule has 2 aromatic rings. The minimum Gasteiger partial charge on any atom is -0.475 e. The lowest BCUT2D eigenvalue weighted by Crippen LogP contribution is -2.44. The topological polar surface area (TPSA) is 114 Å². The minimum atomic E-state index is -5.08. The molecule has 0 unspecified atom stereocenters. The summed E-state index contributed by atoms with van der Waals surface area (Å²) in [4.78, 5) is 40.9. The van der Waals surface area contributed by atoms with E-state index in [-0.39, 0.29) is 6.54 Å². The molecule has 0 saturated carbocycles. The number of aromatic nitrogens is 4. The fraction of sp³-hybridized carbons (Fsp3) is 0.474. The number of carboxylic acids is 1. The summed E-state index contributed by atoms with van der Waals surface area (Å²) >= 11 is 0. The van der Waals surface area contributed by atoms with Gasteiger partial charge < -0.3 is 15.3 Å². The van der Waals surface area contributed by atoms with Gasteiger partial charge in [-0.05, 0) is 6.92 Å². The quantitative estimate of drug-likeness (QED) is 0.607. The van der Waals surface area contributed by atoms with Gasteiger partial charge in [-0.1, -0.05) is 11.8 Å². The lowest BCUT2D eigenvalue weighted by atomic mass is 10.4. The zero-order valence-corrected chi connectivity index (χ0v) is 17.4. The van der Waals surface area contributed by atoms with Gasteiger partial charge in [-0.2, -0.15) is 18.2 Å². The number of alkyl halides is 3. The summed E-state index contributed by atoms with van der Waals surface area (Å²) in [6, 6.07) is 0. The minimum absolute atomic E-state index is 0.0744. The largest absolute Gasteiger partial charge is 0.490 e. The van der Waals surface area contributed by atoms with Crippen LogP contribution >= 0.6 is 0 Å². The lowest BCUT2D eigenvalue weighted by molar-refractivity contribution is -0.192. The van der Waals surface area contributed by atoms with E-state index < -0.39 is 23.4 Å². The van der Waals surface area contributed by atoms with Crippen LogP contribution in [0.15, 0.2) is 9.59 Å². The third-order valence-electron chi connectivity index (χ3n) is 4.52. The van der Waals surface area contributed by atoms with Crippen molar-refractivity contribution >= 4 is 23.1 Å². The molecule has 0 spiro atoms. The number of nitrogens with zero attached hydrogens (tertiary/aromatic N) is 5. The molecule has 1 aliphatic rings. The maximum Gasteiger partial charge on any atom is 0.490 e. The van der Waals surface area contributed by atoms with Gasteiger partial charge in [0.1, 0.15) is 0 Å². The summed E-state index contributed by atoms with van der Waals surface area (Å²) in [7, 11) is 1.60. The van der Waals surface area contributed by atoms with Crippen molar-refractivity contribution in [2.24, 2.45) is 7.05 Å². The average Bonchev–Trinajstić information content (AvgIpc) is 3.14. The number of hydrogen-bond donors (Lipinski definition) is 2. The van der Waals surface area contributed by atoms with E-state index in [0.717, 1.165) is 30.7 Å². The number of fused-ring (bicyclic) bond motifs is 1. The second kappa shape index (κ2) is 10.1. The third-order valence-corrected chi connectivity index (χ3v) is 4.52. The molecule has 0 bridgehead atoms. The van der Waals surface area contributed by atoms with Crippen LogP contribution < -0.4 is 21.5 Å². The van der Waals surface area contributed by atoms with Gasteiger partial charge in [-0.3, -0.25) is 13.9 Å². The van der Waals surface area contributed by atoms with Gasteiger partial charge in [0.05, 0.1) is 13.1 Å². The summed E-state index contributed by atoms with van der Waals surface area (Å²) in [6.07, 6.45) is 0.232. The molecule has 0 aliphatic carbocycles. The maximum atomic E-state index is 12.9. The van der Waals surface area contributed by atoms with Crippen LogP contribution in [0.1, 0.15) is 6.92 Å². The Labute approximate surface area is 180 Å². The molecule has 10 nitrogen and oxygen atoms in total. The normalized spacial score (nSPS) is 13.6. The third kappa shape index (κ3) is 5.12. The summed E-state index contributed by atoms with van der Waals surface area (Å²) in [5, 5.41) is 10.4. The monoisotopic (exact) mass is 454 g/mol. The number of rotatable bonds is 3. The molecule has 1 saturated heterocycles. The van der Waals surface area contributed by atoms with Crippen LogP contribution in [0.2, 0.25) is 0 Å². The highest BCUT2D eigenvalue weighted by Gasteiger charge is 2.38. The maximum absolute atomic E-state index is 12.9. The number of carboxylic acid groups (broad SMARTS) is 1. The first kappa shape index (κ1) is 24.6. The molecule has 1 aliphatic heterocycles. The Balaban J connectivity index is 0.000000451. The Morgan fingerprint density at radius 1 is 1.22 bits per heavy atom. The molecule has 0 aromatic carbocycles. The van der Waals surface area contributed by atoms with Crippen LogP contribution in [0.4, 0.5) is 19.1 Å². The highest BCUT2D eigenvalue weighted by Crippen LogP contribution is 2.20. The number of carbonyl (C=O) groups is 1. The molecule has 172 valence electrons. The van der Waals surface area contributed by atoms with Crippen molar-refractivity contribution in [2.75, 3.05) is 31.1 Å². The summed E-state index contributed by atoms with van der Waals surface area (Å²) in [6.45, 7) is 5.22. The lowest BCUT2D eigenvalue weighted by Gasteiger charge is -2.28. The smallest absolute Gasteiger partial charge is 0.475 e. The fourth-order valence-electron chi connectivity index (χ4n) is 3.00. The van der Waals surface area contributed by atoms with E-state index in [1.54, 1.807) is 18.5 Å². The van der Waals surface area contributed by atoms with E-state index in [1.807, 2.05) is 0 Å². The Kier molecular flexibility index (Phi) is 7.72. The van der Waals surface area contributed by atoms with Crippen molar-refractivity contribution < 1.29 is 23.1 Å². The molecule has 0 amide bonds. The van der Waals surface area contributed by atoms with Gasteiger partial charge in [0.2, 0.25) is 5.95 Å². The van der Waals surface area contributed by atoms with Gasteiger partial charge in [0.15, 0.2) is 11.2 Å². The summed E-state index contributed by atoms with van der Waals surface area (Å²) in [5.41, 5.74) is -0.181. The number of anilines is 1. The predicted molar refractivity (Wildman–Crippen MR) is 110 cm³/mol. The number of halogens is 3. The molecule has 1 fully saturated rings. The van der Waals surface area contributed by atoms with Crippen LogP contribution in [0.5, 0.6) is 0 Å². The van der Waals surface area contributed by atoms with Crippen LogP contribution in [-0.2, 0) is 24.9 Å². The second-order valence-electron chi connectivity index (χ2n) is 6.57. The van der Waals surface area contributed by atoms with E-state index in [2.05, 4.69) is 33.0 Å². The van der Waals surface area contributed by atoms with Gasteiger partial charge in [-0.15, -0.1) is 12.3 Å². The van der Waals surface area contributed by atoms with E-state index in [1.165, 1.54) is 4.57 Å². The highest BCUT2D eigenvalue weighted by atomic mass is 19.4. The van der Waals surface area contributed by atoms with E-state index in [4.69, 9.17) is 16.3 Å². The fourth-order valence-corrected chi connectivity index (χ4v) is 3.00. The zero-order valence-electron chi connectivity index (χ0n) is 17.4. The van der Waals surface area contributed by atoms with Gasteiger partial charge in [0.25, 0.3) is 5.56 Å². The number of imidazole rings is 1. The number of aliphatic carboxylic acids is 1. The Hall–Kier alpha value is -3.71. The van der Waals surface area contributed by atoms with Crippen LogP contribution in [-0.4, -0.2) is 62.1 Å². The highest BCUT2D eigenvalue weighted by molar-refractivity contribution is 5.75. The molecule has 3 heterocycles. The predicted octanol–water partition coefficient (Wildman–Crippen LogP) is -0.404.